The summed E-state index contributed by atoms with van der Waals surface area (Å²) in [6.07, 6.45) is 6.86. The SMILES string of the molecule is O=C(Nc1ccc(C(=O)NCc2ccc(F)cc2)cc1)NC1CCCCCC1. The second-order valence-corrected chi connectivity index (χ2v) is 7.17. The molecule has 1 fully saturated rings. The minimum Gasteiger partial charge on any atom is -0.348 e. The number of hydrogen-bond donors (Lipinski definition) is 3. The summed E-state index contributed by atoms with van der Waals surface area (Å²) >= 11 is 0. The first-order valence-corrected chi connectivity index (χ1v) is 9.80. The van der Waals surface area contributed by atoms with Crippen LogP contribution in [-0.2, 0) is 6.54 Å². The van der Waals surface area contributed by atoms with Crippen LogP contribution >= 0.6 is 0 Å². The van der Waals surface area contributed by atoms with Gasteiger partial charge in [-0.15, -0.1) is 0 Å². The van der Waals surface area contributed by atoms with Gasteiger partial charge in [-0.25, -0.2) is 9.18 Å². The maximum atomic E-state index is 12.9. The van der Waals surface area contributed by atoms with Crippen LogP contribution in [0.25, 0.3) is 0 Å². The molecule has 2 aromatic rings. The van der Waals surface area contributed by atoms with Crippen molar-refractivity contribution in [2.45, 2.75) is 51.1 Å². The summed E-state index contributed by atoms with van der Waals surface area (Å²) in [5.41, 5.74) is 1.96. The fourth-order valence-electron chi connectivity index (χ4n) is 3.37. The first-order valence-electron chi connectivity index (χ1n) is 9.80. The molecule has 6 heteroatoms. The van der Waals surface area contributed by atoms with Crippen LogP contribution in [0.1, 0.15) is 54.4 Å². The van der Waals surface area contributed by atoms with E-state index < -0.39 is 0 Å². The van der Waals surface area contributed by atoms with Crippen LogP contribution in [0.4, 0.5) is 14.9 Å². The zero-order valence-electron chi connectivity index (χ0n) is 15.8. The zero-order valence-corrected chi connectivity index (χ0v) is 15.8. The Morgan fingerprint density at radius 1 is 0.893 bits per heavy atom. The number of rotatable bonds is 5. The number of nitrogens with one attached hydrogen (secondary N) is 3. The van der Waals surface area contributed by atoms with Gasteiger partial charge in [-0.1, -0.05) is 37.8 Å². The summed E-state index contributed by atoms with van der Waals surface area (Å²) < 4.78 is 12.9. The second-order valence-electron chi connectivity index (χ2n) is 7.17. The fraction of sp³-hybridized carbons (Fsp3) is 0.364. The summed E-state index contributed by atoms with van der Waals surface area (Å²) in [6, 6.07) is 12.8. The van der Waals surface area contributed by atoms with Gasteiger partial charge in [0.25, 0.3) is 5.91 Å². The van der Waals surface area contributed by atoms with E-state index in [2.05, 4.69) is 16.0 Å². The lowest BCUT2D eigenvalue weighted by atomic mass is 10.1. The Bertz CT molecular complexity index is 782. The van der Waals surface area contributed by atoms with Crippen LogP contribution in [0.15, 0.2) is 48.5 Å². The van der Waals surface area contributed by atoms with Crippen molar-refractivity contribution in [1.82, 2.24) is 10.6 Å². The fourth-order valence-corrected chi connectivity index (χ4v) is 3.37. The summed E-state index contributed by atoms with van der Waals surface area (Å²) in [7, 11) is 0. The van der Waals surface area contributed by atoms with Crippen LogP contribution in [-0.4, -0.2) is 18.0 Å². The molecule has 0 heterocycles. The van der Waals surface area contributed by atoms with Crippen molar-refractivity contribution in [2.75, 3.05) is 5.32 Å². The standard InChI is InChI=1S/C22H26FN3O2/c23-18-11-7-16(8-12-18)15-24-21(27)17-9-13-20(14-10-17)26-22(28)25-19-5-3-1-2-4-6-19/h7-14,19H,1-6,15H2,(H,24,27)(H2,25,26,28). The Balaban J connectivity index is 1.47. The van der Waals surface area contributed by atoms with Gasteiger partial charge >= 0.3 is 6.03 Å². The molecular weight excluding hydrogens is 357 g/mol. The molecule has 1 saturated carbocycles. The molecule has 0 bridgehead atoms. The van der Waals surface area contributed by atoms with Crippen LogP contribution in [0.5, 0.6) is 0 Å². The molecule has 0 aliphatic heterocycles. The molecule has 5 nitrogen and oxygen atoms in total. The Kier molecular flexibility index (Phi) is 7.00. The molecule has 0 spiro atoms. The molecular formula is C22H26FN3O2. The van der Waals surface area contributed by atoms with Crippen molar-refractivity contribution in [3.05, 3.63) is 65.5 Å². The molecule has 0 radical (unpaired) electrons. The number of amides is 3. The van der Waals surface area contributed by atoms with E-state index in [0.29, 0.717) is 17.8 Å². The highest BCUT2D eigenvalue weighted by atomic mass is 19.1. The maximum absolute atomic E-state index is 12.9. The Labute approximate surface area is 164 Å². The van der Waals surface area contributed by atoms with E-state index in [9.17, 15) is 14.0 Å². The van der Waals surface area contributed by atoms with Gasteiger partial charge in [-0.05, 0) is 54.8 Å². The molecule has 3 amide bonds. The van der Waals surface area contributed by atoms with Crippen molar-refractivity contribution in [3.63, 3.8) is 0 Å². The molecule has 0 saturated heterocycles. The average Bonchev–Trinajstić information content (AvgIpc) is 2.96. The number of carbonyl (C=O) groups excluding carboxylic acids is 2. The smallest absolute Gasteiger partial charge is 0.319 e. The van der Waals surface area contributed by atoms with Gasteiger partial charge in [0, 0.05) is 23.8 Å². The van der Waals surface area contributed by atoms with Crippen molar-refractivity contribution in [3.8, 4) is 0 Å². The summed E-state index contributed by atoms with van der Waals surface area (Å²) in [5.74, 6) is -0.528. The van der Waals surface area contributed by atoms with Gasteiger partial charge < -0.3 is 16.0 Å². The summed E-state index contributed by atoms with van der Waals surface area (Å²) in [6.45, 7) is 0.322. The lowest BCUT2D eigenvalue weighted by Gasteiger charge is -2.16. The van der Waals surface area contributed by atoms with Crippen LogP contribution < -0.4 is 16.0 Å². The number of urea groups is 1. The van der Waals surface area contributed by atoms with Gasteiger partial charge in [0.2, 0.25) is 0 Å². The van der Waals surface area contributed by atoms with Gasteiger partial charge in [0.1, 0.15) is 5.82 Å². The molecule has 3 N–H and O–H groups in total. The van der Waals surface area contributed by atoms with Gasteiger partial charge in [0.05, 0.1) is 0 Å². The number of hydrogen-bond acceptors (Lipinski definition) is 2. The lowest BCUT2D eigenvalue weighted by Crippen LogP contribution is -2.37. The van der Waals surface area contributed by atoms with Crippen LogP contribution in [0.3, 0.4) is 0 Å². The monoisotopic (exact) mass is 383 g/mol. The Morgan fingerprint density at radius 3 is 2.18 bits per heavy atom. The molecule has 28 heavy (non-hydrogen) atoms. The third-order valence-corrected chi connectivity index (χ3v) is 4.96. The zero-order chi connectivity index (χ0) is 19.8. The number of benzene rings is 2. The highest BCUT2D eigenvalue weighted by Crippen LogP contribution is 2.17. The summed E-state index contributed by atoms with van der Waals surface area (Å²) in [4.78, 5) is 24.4. The molecule has 2 aromatic carbocycles. The van der Waals surface area contributed by atoms with Gasteiger partial charge in [0.15, 0.2) is 0 Å². The van der Waals surface area contributed by atoms with Crippen LogP contribution in [0.2, 0.25) is 0 Å². The van der Waals surface area contributed by atoms with Crippen molar-refractivity contribution in [1.29, 1.82) is 0 Å². The topological polar surface area (TPSA) is 70.2 Å². The van der Waals surface area contributed by atoms with E-state index in [1.807, 2.05) is 0 Å². The molecule has 0 aromatic heterocycles. The van der Waals surface area contributed by atoms with E-state index in [4.69, 9.17) is 0 Å². The average molecular weight is 383 g/mol. The third kappa shape index (κ3) is 6.08. The second kappa shape index (κ2) is 9.88. The van der Waals surface area contributed by atoms with E-state index >= 15 is 0 Å². The normalized spacial score (nSPS) is 14.8. The van der Waals surface area contributed by atoms with Gasteiger partial charge in [-0.3, -0.25) is 4.79 Å². The number of anilines is 1. The quantitative estimate of drug-likeness (QED) is 0.661. The minimum absolute atomic E-state index is 0.208. The third-order valence-electron chi connectivity index (χ3n) is 4.96. The molecule has 1 aliphatic rings. The Morgan fingerprint density at radius 2 is 1.54 bits per heavy atom. The van der Waals surface area contributed by atoms with Crippen LogP contribution in [0, 0.1) is 5.82 Å². The van der Waals surface area contributed by atoms with E-state index in [0.717, 1.165) is 31.2 Å². The first kappa shape index (κ1) is 19.9. The molecule has 3 rings (SSSR count). The highest BCUT2D eigenvalue weighted by molar-refractivity contribution is 5.95. The number of halogens is 1. The molecule has 148 valence electrons. The maximum Gasteiger partial charge on any atom is 0.319 e. The lowest BCUT2D eigenvalue weighted by molar-refractivity contribution is 0.0951. The predicted octanol–water partition coefficient (Wildman–Crippen LogP) is 4.60. The van der Waals surface area contributed by atoms with Crippen molar-refractivity contribution >= 4 is 17.6 Å². The van der Waals surface area contributed by atoms with Crippen molar-refractivity contribution < 1.29 is 14.0 Å². The highest BCUT2D eigenvalue weighted by Gasteiger charge is 2.14. The summed E-state index contributed by atoms with van der Waals surface area (Å²) in [5, 5.41) is 8.65. The van der Waals surface area contributed by atoms with E-state index in [-0.39, 0.29) is 23.8 Å². The predicted molar refractivity (Wildman–Crippen MR) is 108 cm³/mol. The van der Waals surface area contributed by atoms with Gasteiger partial charge in [-0.2, -0.15) is 0 Å². The molecule has 0 unspecified atom stereocenters. The number of carbonyl (C=O) groups is 2. The van der Waals surface area contributed by atoms with Crippen molar-refractivity contribution in [2.24, 2.45) is 0 Å². The molecule has 1 aliphatic carbocycles. The van der Waals surface area contributed by atoms with E-state index in [1.165, 1.54) is 25.0 Å². The largest absolute Gasteiger partial charge is 0.348 e. The molecule has 0 atom stereocenters. The minimum atomic E-state index is -0.304. The Hall–Kier alpha value is -2.89. The van der Waals surface area contributed by atoms with E-state index in [1.54, 1.807) is 36.4 Å². The first-order chi connectivity index (χ1) is 13.6.